The summed E-state index contributed by atoms with van der Waals surface area (Å²) in [5, 5.41) is 11.6. The molecule has 84 valence electrons. The van der Waals surface area contributed by atoms with Crippen molar-refractivity contribution in [1.29, 1.82) is 5.26 Å². The number of anilines is 1. The molecule has 0 amide bonds. The zero-order valence-corrected chi connectivity index (χ0v) is 8.84. The van der Waals surface area contributed by atoms with Crippen molar-refractivity contribution < 1.29 is 0 Å². The highest BCUT2D eigenvalue weighted by atomic mass is 16.1. The lowest BCUT2D eigenvalue weighted by molar-refractivity contribution is 0.994. The highest BCUT2D eigenvalue weighted by Crippen LogP contribution is 2.03. The van der Waals surface area contributed by atoms with Crippen molar-refractivity contribution in [2.45, 2.75) is 6.54 Å². The summed E-state index contributed by atoms with van der Waals surface area (Å²) in [6.07, 6.45) is 1.68. The summed E-state index contributed by atoms with van der Waals surface area (Å²) in [6, 6.07) is 8.88. The van der Waals surface area contributed by atoms with Gasteiger partial charge in [-0.15, -0.1) is 0 Å². The van der Waals surface area contributed by atoms with Crippen LogP contribution in [-0.2, 0) is 6.54 Å². The molecule has 0 bridgehead atoms. The first-order valence-electron chi connectivity index (χ1n) is 4.93. The minimum Gasteiger partial charge on any atom is -0.364 e. The molecule has 0 radical (unpaired) electrons. The van der Waals surface area contributed by atoms with Gasteiger partial charge in [-0.05, 0) is 12.1 Å². The molecule has 2 heterocycles. The fraction of sp³-hybridized carbons (Fsp3) is 0.0909. The summed E-state index contributed by atoms with van der Waals surface area (Å²) in [6.45, 7) is 0.447. The van der Waals surface area contributed by atoms with E-state index in [-0.39, 0.29) is 5.69 Å². The van der Waals surface area contributed by atoms with Gasteiger partial charge >= 0.3 is 5.69 Å². The third-order valence-corrected chi connectivity index (χ3v) is 2.04. The lowest BCUT2D eigenvalue weighted by atomic mass is 10.3. The predicted octanol–water partition coefficient (Wildman–Crippen LogP) is 0.649. The largest absolute Gasteiger partial charge is 0.364 e. The van der Waals surface area contributed by atoms with Crippen LogP contribution in [-0.4, -0.2) is 15.0 Å². The van der Waals surface area contributed by atoms with Crippen LogP contribution in [0.4, 0.5) is 5.82 Å². The van der Waals surface area contributed by atoms with Crippen molar-refractivity contribution in [2.75, 3.05) is 5.32 Å². The van der Waals surface area contributed by atoms with Crippen LogP contribution in [0.5, 0.6) is 0 Å². The quantitative estimate of drug-likeness (QED) is 0.802. The van der Waals surface area contributed by atoms with Gasteiger partial charge in [-0.2, -0.15) is 10.2 Å². The zero-order chi connectivity index (χ0) is 12.1. The number of nitrogens with one attached hydrogen (secondary N) is 2. The van der Waals surface area contributed by atoms with E-state index in [9.17, 15) is 4.79 Å². The van der Waals surface area contributed by atoms with Gasteiger partial charge in [0.1, 0.15) is 17.6 Å². The SMILES string of the molecule is N#Cc1cc(NCc2ccccn2)nc(=O)[nH]1. The molecule has 0 atom stereocenters. The number of hydrogen-bond acceptors (Lipinski definition) is 5. The molecule has 0 unspecified atom stereocenters. The molecule has 6 nitrogen and oxygen atoms in total. The Balaban J connectivity index is 2.12. The standard InChI is InChI=1S/C11H9N5O/c12-6-9-5-10(16-11(17)15-9)14-7-8-3-1-2-4-13-8/h1-5H,7H2,(H2,14,15,16,17). The highest BCUT2D eigenvalue weighted by Gasteiger charge is 2.00. The molecule has 0 aliphatic carbocycles. The Kier molecular flexibility index (Phi) is 3.12. The summed E-state index contributed by atoms with van der Waals surface area (Å²) in [5.41, 5.74) is 0.453. The average Bonchev–Trinajstić information content (AvgIpc) is 2.37. The fourth-order valence-corrected chi connectivity index (χ4v) is 1.29. The van der Waals surface area contributed by atoms with Crippen LogP contribution in [0.25, 0.3) is 0 Å². The molecule has 0 fully saturated rings. The van der Waals surface area contributed by atoms with E-state index in [0.29, 0.717) is 12.4 Å². The van der Waals surface area contributed by atoms with Gasteiger partial charge in [0.05, 0.1) is 12.2 Å². The van der Waals surface area contributed by atoms with Gasteiger partial charge in [-0.1, -0.05) is 6.07 Å². The van der Waals surface area contributed by atoms with Crippen LogP contribution < -0.4 is 11.0 Å². The Bertz CT molecular complexity index is 599. The van der Waals surface area contributed by atoms with Crippen molar-refractivity contribution in [3.63, 3.8) is 0 Å². The van der Waals surface area contributed by atoms with Crippen LogP contribution in [0.15, 0.2) is 35.3 Å². The first-order chi connectivity index (χ1) is 8.28. The predicted molar refractivity (Wildman–Crippen MR) is 61.1 cm³/mol. The Morgan fingerprint density at radius 3 is 3.06 bits per heavy atom. The molecule has 2 aromatic rings. The average molecular weight is 227 g/mol. The van der Waals surface area contributed by atoms with Crippen molar-refractivity contribution >= 4 is 5.82 Å². The normalized spacial score (nSPS) is 9.59. The van der Waals surface area contributed by atoms with Gasteiger partial charge in [-0.3, -0.25) is 9.97 Å². The number of hydrogen-bond donors (Lipinski definition) is 2. The molecule has 0 saturated carbocycles. The van der Waals surface area contributed by atoms with Gasteiger partial charge in [0.2, 0.25) is 0 Å². The van der Waals surface area contributed by atoms with Crippen molar-refractivity contribution in [3.05, 3.63) is 52.3 Å². The second-order valence-electron chi connectivity index (χ2n) is 3.27. The maximum Gasteiger partial charge on any atom is 0.347 e. The minimum atomic E-state index is -0.549. The highest BCUT2D eigenvalue weighted by molar-refractivity contribution is 5.38. The Hall–Kier alpha value is -2.68. The number of pyridine rings is 1. The van der Waals surface area contributed by atoms with E-state index in [0.717, 1.165) is 5.69 Å². The summed E-state index contributed by atoms with van der Waals surface area (Å²) in [4.78, 5) is 21.2. The Morgan fingerprint density at radius 1 is 1.47 bits per heavy atom. The molecule has 0 saturated heterocycles. The Morgan fingerprint density at radius 2 is 2.35 bits per heavy atom. The first-order valence-corrected chi connectivity index (χ1v) is 4.93. The van der Waals surface area contributed by atoms with Gasteiger partial charge < -0.3 is 5.32 Å². The second kappa shape index (κ2) is 4.90. The molecular weight excluding hydrogens is 218 g/mol. The van der Waals surface area contributed by atoms with Crippen molar-refractivity contribution in [3.8, 4) is 6.07 Å². The van der Waals surface area contributed by atoms with E-state index in [4.69, 9.17) is 5.26 Å². The van der Waals surface area contributed by atoms with Gasteiger partial charge in [-0.25, -0.2) is 4.79 Å². The van der Waals surface area contributed by atoms with Crippen molar-refractivity contribution in [2.24, 2.45) is 0 Å². The molecule has 2 N–H and O–H groups in total. The summed E-state index contributed by atoms with van der Waals surface area (Å²) in [7, 11) is 0. The monoisotopic (exact) mass is 227 g/mol. The molecule has 0 aliphatic heterocycles. The van der Waals surface area contributed by atoms with Gasteiger partial charge in [0, 0.05) is 12.3 Å². The van der Waals surface area contributed by atoms with Crippen LogP contribution >= 0.6 is 0 Å². The number of H-pyrrole nitrogens is 1. The van der Waals surface area contributed by atoms with E-state index in [1.54, 1.807) is 6.20 Å². The number of nitriles is 1. The van der Waals surface area contributed by atoms with E-state index >= 15 is 0 Å². The summed E-state index contributed by atoms with van der Waals surface area (Å²) < 4.78 is 0. The molecule has 17 heavy (non-hydrogen) atoms. The van der Waals surface area contributed by atoms with E-state index < -0.39 is 5.69 Å². The van der Waals surface area contributed by atoms with Crippen molar-refractivity contribution in [1.82, 2.24) is 15.0 Å². The van der Waals surface area contributed by atoms with E-state index in [2.05, 4.69) is 20.3 Å². The first kappa shape index (κ1) is 10.8. The molecule has 2 aromatic heterocycles. The van der Waals surface area contributed by atoms with Crippen LogP contribution in [0, 0.1) is 11.3 Å². The molecular formula is C11H9N5O. The summed E-state index contributed by atoms with van der Waals surface area (Å²) >= 11 is 0. The molecule has 2 rings (SSSR count). The van der Waals surface area contributed by atoms with E-state index in [1.807, 2.05) is 24.3 Å². The van der Waals surface area contributed by atoms with Crippen LogP contribution in [0.1, 0.15) is 11.4 Å². The second-order valence-corrected chi connectivity index (χ2v) is 3.27. The zero-order valence-electron chi connectivity index (χ0n) is 8.84. The molecule has 0 aliphatic rings. The number of aromatic nitrogens is 3. The van der Waals surface area contributed by atoms with Gasteiger partial charge in [0.15, 0.2) is 0 Å². The maximum absolute atomic E-state index is 11.1. The lowest BCUT2D eigenvalue weighted by Crippen LogP contribution is -2.15. The summed E-state index contributed by atoms with van der Waals surface area (Å²) in [5.74, 6) is 0.357. The number of nitrogens with zero attached hydrogens (tertiary/aromatic N) is 3. The smallest absolute Gasteiger partial charge is 0.347 e. The third-order valence-electron chi connectivity index (χ3n) is 2.04. The van der Waals surface area contributed by atoms with Gasteiger partial charge in [0.25, 0.3) is 0 Å². The number of aromatic amines is 1. The maximum atomic E-state index is 11.1. The fourth-order valence-electron chi connectivity index (χ4n) is 1.29. The minimum absolute atomic E-state index is 0.175. The third kappa shape index (κ3) is 2.89. The molecule has 0 spiro atoms. The van der Waals surface area contributed by atoms with E-state index in [1.165, 1.54) is 6.07 Å². The molecule has 0 aromatic carbocycles. The molecule has 6 heteroatoms. The van der Waals surface area contributed by atoms with Crippen LogP contribution in [0.2, 0.25) is 0 Å². The Labute approximate surface area is 97.0 Å². The number of rotatable bonds is 3. The lowest BCUT2D eigenvalue weighted by Gasteiger charge is -2.04. The topological polar surface area (TPSA) is 94.5 Å². The van der Waals surface area contributed by atoms with Crippen LogP contribution in [0.3, 0.4) is 0 Å².